The molecular formula is C20H19O2S+. The molecule has 2 nitrogen and oxygen atoms in total. The number of carbonyl (C=O) groups is 1. The van der Waals surface area contributed by atoms with Crippen LogP contribution in [0.25, 0.3) is 10.8 Å². The molecule has 0 amide bonds. The molecule has 116 valence electrons. The van der Waals surface area contributed by atoms with E-state index in [4.69, 9.17) is 4.74 Å². The minimum absolute atomic E-state index is 0.0982. The maximum atomic E-state index is 11.0. The third kappa shape index (κ3) is 3.74. The predicted molar refractivity (Wildman–Crippen MR) is 97.0 cm³/mol. The van der Waals surface area contributed by atoms with Crippen LogP contribution in [-0.4, -0.2) is 12.2 Å². The third-order valence-electron chi connectivity index (χ3n) is 3.74. The van der Waals surface area contributed by atoms with Gasteiger partial charge >= 0.3 is 5.97 Å². The van der Waals surface area contributed by atoms with E-state index in [0.717, 1.165) is 5.75 Å². The van der Waals surface area contributed by atoms with Gasteiger partial charge in [0.15, 0.2) is 4.90 Å². The van der Waals surface area contributed by atoms with Crippen molar-refractivity contribution >= 4 is 27.6 Å². The third-order valence-corrected chi connectivity index (χ3v) is 5.56. The number of hydrogen-bond donors (Lipinski definition) is 0. The van der Waals surface area contributed by atoms with E-state index in [1.165, 1.54) is 28.2 Å². The largest absolute Gasteiger partial charge is 0.427 e. The van der Waals surface area contributed by atoms with Crippen molar-refractivity contribution in [1.82, 2.24) is 0 Å². The number of hydrogen-bond acceptors (Lipinski definition) is 2. The summed E-state index contributed by atoms with van der Waals surface area (Å²) in [5, 5.41) is 2.61. The summed E-state index contributed by atoms with van der Waals surface area (Å²) in [4.78, 5) is 12.2. The lowest BCUT2D eigenvalue weighted by Gasteiger charge is -2.07. The Morgan fingerprint density at radius 1 is 0.957 bits per heavy atom. The Labute approximate surface area is 139 Å². The highest BCUT2D eigenvalue weighted by atomic mass is 32.2. The smallest absolute Gasteiger partial charge is 0.308 e. The summed E-state index contributed by atoms with van der Waals surface area (Å²) in [5.41, 5.74) is 1.37. The average Bonchev–Trinajstić information content (AvgIpc) is 2.55. The summed E-state index contributed by atoms with van der Waals surface area (Å²) in [6.45, 7) is 1.42. The van der Waals surface area contributed by atoms with E-state index in [9.17, 15) is 4.79 Å². The first-order valence-corrected chi connectivity index (χ1v) is 9.31. The molecule has 0 aliphatic carbocycles. The zero-order valence-electron chi connectivity index (χ0n) is 13.3. The SMILES string of the molecule is CC(=O)Oc1ccc([S+](C)Cc2cccc3ccccc23)cc1. The normalized spacial score (nSPS) is 12.1. The summed E-state index contributed by atoms with van der Waals surface area (Å²) in [6, 6.07) is 22.8. The van der Waals surface area contributed by atoms with Crippen LogP contribution < -0.4 is 4.74 Å². The quantitative estimate of drug-likeness (QED) is 0.399. The molecular weight excluding hydrogens is 304 g/mol. The molecule has 3 aromatic rings. The van der Waals surface area contributed by atoms with Crippen molar-refractivity contribution in [3.8, 4) is 5.75 Å². The fraction of sp³-hybridized carbons (Fsp3) is 0.150. The number of carbonyl (C=O) groups excluding carboxylic acids is 1. The second-order valence-corrected chi connectivity index (χ2v) is 7.52. The predicted octanol–water partition coefficient (Wildman–Crippen LogP) is 4.57. The fourth-order valence-electron chi connectivity index (χ4n) is 2.64. The van der Waals surface area contributed by atoms with Gasteiger partial charge in [0, 0.05) is 23.4 Å². The molecule has 0 bridgehead atoms. The van der Waals surface area contributed by atoms with Crippen molar-refractivity contribution in [3.63, 3.8) is 0 Å². The summed E-state index contributed by atoms with van der Waals surface area (Å²) >= 11 is 0. The molecule has 3 heteroatoms. The molecule has 0 N–H and O–H groups in total. The van der Waals surface area contributed by atoms with Crippen LogP contribution in [0.2, 0.25) is 0 Å². The van der Waals surface area contributed by atoms with Gasteiger partial charge in [-0.15, -0.1) is 0 Å². The van der Waals surface area contributed by atoms with Gasteiger partial charge in [0.25, 0.3) is 0 Å². The van der Waals surface area contributed by atoms with Gasteiger partial charge in [-0.3, -0.25) is 4.79 Å². The van der Waals surface area contributed by atoms with E-state index >= 15 is 0 Å². The van der Waals surface area contributed by atoms with Crippen molar-refractivity contribution in [1.29, 1.82) is 0 Å². The lowest BCUT2D eigenvalue weighted by Crippen LogP contribution is -2.05. The molecule has 3 rings (SSSR count). The maximum absolute atomic E-state index is 11.0. The summed E-state index contributed by atoms with van der Waals surface area (Å²) in [7, 11) is 0.0982. The minimum atomic E-state index is -0.288. The number of esters is 1. The fourth-order valence-corrected chi connectivity index (χ4v) is 4.13. The van der Waals surface area contributed by atoms with Crippen LogP contribution in [0.15, 0.2) is 71.6 Å². The summed E-state index contributed by atoms with van der Waals surface area (Å²) < 4.78 is 5.09. The monoisotopic (exact) mass is 323 g/mol. The first-order valence-electron chi connectivity index (χ1n) is 7.51. The minimum Gasteiger partial charge on any atom is -0.427 e. The molecule has 0 saturated heterocycles. The van der Waals surface area contributed by atoms with Crippen molar-refractivity contribution in [3.05, 3.63) is 72.3 Å². The van der Waals surface area contributed by atoms with E-state index in [-0.39, 0.29) is 16.9 Å². The zero-order chi connectivity index (χ0) is 16.2. The maximum Gasteiger partial charge on any atom is 0.308 e. The van der Waals surface area contributed by atoms with E-state index in [1.807, 2.05) is 24.3 Å². The number of rotatable bonds is 4. The number of fused-ring (bicyclic) bond motifs is 1. The second-order valence-electron chi connectivity index (χ2n) is 5.48. The Hall–Kier alpha value is -2.26. The zero-order valence-corrected chi connectivity index (χ0v) is 14.1. The molecule has 1 unspecified atom stereocenters. The topological polar surface area (TPSA) is 26.3 Å². The van der Waals surface area contributed by atoms with Gasteiger partial charge in [0.2, 0.25) is 0 Å². The average molecular weight is 323 g/mol. The first kappa shape index (κ1) is 15.6. The van der Waals surface area contributed by atoms with E-state index < -0.39 is 0 Å². The summed E-state index contributed by atoms with van der Waals surface area (Å²) in [6.07, 6.45) is 2.25. The van der Waals surface area contributed by atoms with Crippen molar-refractivity contribution < 1.29 is 9.53 Å². The van der Waals surface area contributed by atoms with Gasteiger partial charge in [-0.25, -0.2) is 0 Å². The Morgan fingerprint density at radius 2 is 1.65 bits per heavy atom. The van der Waals surface area contributed by atoms with Crippen molar-refractivity contribution in [2.45, 2.75) is 17.6 Å². The Balaban J connectivity index is 1.80. The lowest BCUT2D eigenvalue weighted by atomic mass is 10.1. The molecule has 3 aromatic carbocycles. The van der Waals surface area contributed by atoms with Crippen molar-refractivity contribution in [2.24, 2.45) is 0 Å². The molecule has 0 aliphatic rings. The molecule has 0 fully saturated rings. The van der Waals surface area contributed by atoms with Crippen LogP contribution >= 0.6 is 0 Å². The van der Waals surface area contributed by atoms with Gasteiger partial charge in [-0.05, 0) is 35.0 Å². The van der Waals surface area contributed by atoms with Crippen molar-refractivity contribution in [2.75, 3.05) is 6.26 Å². The molecule has 1 atom stereocenters. The molecule has 0 aliphatic heterocycles. The number of ether oxygens (including phenoxy) is 1. The molecule has 0 saturated carbocycles. The molecule has 0 spiro atoms. The van der Waals surface area contributed by atoms with Crippen LogP contribution in [0.1, 0.15) is 12.5 Å². The van der Waals surface area contributed by atoms with Gasteiger partial charge in [0.05, 0.1) is 0 Å². The van der Waals surface area contributed by atoms with Gasteiger partial charge < -0.3 is 4.74 Å². The second kappa shape index (κ2) is 6.88. The summed E-state index contributed by atoms with van der Waals surface area (Å²) in [5.74, 6) is 1.32. The Bertz CT molecular complexity index is 819. The van der Waals surface area contributed by atoms with Crippen LogP contribution in [0.4, 0.5) is 0 Å². The van der Waals surface area contributed by atoms with Crippen LogP contribution in [0, 0.1) is 0 Å². The highest BCUT2D eigenvalue weighted by molar-refractivity contribution is 7.95. The molecule has 0 heterocycles. The molecule has 0 aromatic heterocycles. The van der Waals surface area contributed by atoms with Crippen LogP contribution in [0.3, 0.4) is 0 Å². The van der Waals surface area contributed by atoms with E-state index in [2.05, 4.69) is 48.7 Å². The highest BCUT2D eigenvalue weighted by Gasteiger charge is 2.17. The lowest BCUT2D eigenvalue weighted by molar-refractivity contribution is -0.131. The van der Waals surface area contributed by atoms with E-state index in [1.54, 1.807) is 0 Å². The number of benzene rings is 3. The molecule has 0 radical (unpaired) electrons. The Kier molecular flexibility index (Phi) is 4.68. The van der Waals surface area contributed by atoms with Crippen LogP contribution in [-0.2, 0) is 21.4 Å². The highest BCUT2D eigenvalue weighted by Crippen LogP contribution is 2.25. The van der Waals surface area contributed by atoms with Gasteiger partial charge in [0.1, 0.15) is 17.8 Å². The first-order chi connectivity index (χ1) is 11.1. The van der Waals surface area contributed by atoms with Gasteiger partial charge in [-0.1, -0.05) is 42.5 Å². The van der Waals surface area contributed by atoms with Gasteiger partial charge in [-0.2, -0.15) is 0 Å². The standard InChI is InChI=1S/C20H19O2S/c1-15(21)22-18-10-12-19(13-11-18)23(2)14-17-8-5-7-16-6-3-4-9-20(16)17/h3-13H,14H2,1-2H3/q+1. The molecule has 23 heavy (non-hydrogen) atoms. The Morgan fingerprint density at radius 3 is 2.39 bits per heavy atom. The van der Waals surface area contributed by atoms with E-state index in [0.29, 0.717) is 5.75 Å². The van der Waals surface area contributed by atoms with Crippen LogP contribution in [0.5, 0.6) is 5.75 Å².